The summed E-state index contributed by atoms with van der Waals surface area (Å²) in [5, 5.41) is 0. The van der Waals surface area contributed by atoms with E-state index in [0.717, 1.165) is 6.42 Å². The van der Waals surface area contributed by atoms with Gasteiger partial charge in [-0.1, -0.05) is 13.8 Å². The molecule has 0 unspecified atom stereocenters. The van der Waals surface area contributed by atoms with Gasteiger partial charge in [0.25, 0.3) is 0 Å². The first-order chi connectivity index (χ1) is 9.72. The highest BCUT2D eigenvalue weighted by molar-refractivity contribution is 7.89. The van der Waals surface area contributed by atoms with Gasteiger partial charge in [-0.3, -0.25) is 0 Å². The first-order valence-corrected chi connectivity index (χ1v) is 8.12. The lowest BCUT2D eigenvalue weighted by Crippen LogP contribution is -2.34. The summed E-state index contributed by atoms with van der Waals surface area (Å²) in [4.78, 5) is 0.0486. The van der Waals surface area contributed by atoms with Crippen LogP contribution in [0.2, 0.25) is 0 Å². The summed E-state index contributed by atoms with van der Waals surface area (Å²) in [7, 11) is -0.633. The van der Waals surface area contributed by atoms with E-state index in [2.05, 4.69) is 4.72 Å². The summed E-state index contributed by atoms with van der Waals surface area (Å²) in [6, 6.07) is 4.53. The minimum atomic E-state index is -3.68. The van der Waals surface area contributed by atoms with Crippen molar-refractivity contribution in [1.29, 1.82) is 0 Å². The summed E-state index contributed by atoms with van der Waals surface area (Å²) in [5.41, 5.74) is 5.82. The summed E-state index contributed by atoms with van der Waals surface area (Å²) < 4.78 is 37.5. The van der Waals surface area contributed by atoms with Crippen molar-refractivity contribution in [3.63, 3.8) is 0 Å². The molecule has 7 heteroatoms. The standard InChI is InChI=1S/C14H24N2O4S/c1-14(2,7-8-19-3)10-16-21(17,18)13-9-11(15)5-6-12(13)20-4/h5-6,9,16H,7-8,10,15H2,1-4H3. The average molecular weight is 316 g/mol. The average Bonchev–Trinajstić information content (AvgIpc) is 2.43. The molecule has 0 aliphatic heterocycles. The summed E-state index contributed by atoms with van der Waals surface area (Å²) in [6.45, 7) is 4.84. The molecule has 1 aromatic carbocycles. The van der Waals surface area contributed by atoms with Crippen molar-refractivity contribution >= 4 is 15.7 Å². The predicted octanol–water partition coefficient (Wildman–Crippen LogP) is 1.62. The zero-order valence-corrected chi connectivity index (χ0v) is 13.8. The molecular weight excluding hydrogens is 292 g/mol. The quantitative estimate of drug-likeness (QED) is 0.711. The van der Waals surface area contributed by atoms with E-state index in [4.69, 9.17) is 15.2 Å². The molecule has 120 valence electrons. The fourth-order valence-electron chi connectivity index (χ4n) is 1.74. The van der Waals surface area contributed by atoms with Gasteiger partial charge in [0, 0.05) is 25.9 Å². The lowest BCUT2D eigenvalue weighted by Gasteiger charge is -2.24. The lowest BCUT2D eigenvalue weighted by molar-refractivity contribution is 0.153. The second-order valence-corrected chi connectivity index (χ2v) is 7.38. The van der Waals surface area contributed by atoms with Crippen LogP contribution in [0.1, 0.15) is 20.3 Å². The normalized spacial score (nSPS) is 12.4. The first kappa shape index (κ1) is 17.7. The Hall–Kier alpha value is -1.31. The van der Waals surface area contributed by atoms with E-state index < -0.39 is 10.0 Å². The molecule has 3 N–H and O–H groups in total. The summed E-state index contributed by atoms with van der Waals surface area (Å²) in [6.07, 6.45) is 0.750. The monoisotopic (exact) mass is 316 g/mol. The van der Waals surface area contributed by atoms with Crippen molar-refractivity contribution < 1.29 is 17.9 Å². The Labute approximate surface area is 126 Å². The number of hydrogen-bond acceptors (Lipinski definition) is 5. The van der Waals surface area contributed by atoms with Gasteiger partial charge in [0.1, 0.15) is 10.6 Å². The minimum Gasteiger partial charge on any atom is -0.495 e. The van der Waals surface area contributed by atoms with Crippen LogP contribution in [0.5, 0.6) is 5.75 Å². The molecule has 6 nitrogen and oxygen atoms in total. The molecule has 0 spiro atoms. The smallest absolute Gasteiger partial charge is 0.244 e. The Bertz CT molecular complexity index is 570. The number of nitrogens with two attached hydrogens (primary N) is 1. The third-order valence-corrected chi connectivity index (χ3v) is 4.62. The van der Waals surface area contributed by atoms with Crippen LogP contribution in [0.15, 0.2) is 23.1 Å². The molecule has 21 heavy (non-hydrogen) atoms. The second-order valence-electron chi connectivity index (χ2n) is 5.64. The number of rotatable bonds is 8. The molecule has 0 aromatic heterocycles. The number of methoxy groups -OCH3 is 2. The van der Waals surface area contributed by atoms with Crippen LogP contribution in [-0.4, -0.2) is 35.8 Å². The minimum absolute atomic E-state index is 0.0486. The molecule has 1 aromatic rings. The molecular formula is C14H24N2O4S. The van der Waals surface area contributed by atoms with Gasteiger partial charge < -0.3 is 15.2 Å². The van der Waals surface area contributed by atoms with E-state index in [-0.39, 0.29) is 16.1 Å². The van der Waals surface area contributed by atoms with Crippen molar-refractivity contribution in [3.8, 4) is 5.75 Å². The van der Waals surface area contributed by atoms with Gasteiger partial charge in [-0.25, -0.2) is 13.1 Å². The van der Waals surface area contributed by atoms with Crippen LogP contribution in [0.25, 0.3) is 0 Å². The van der Waals surface area contributed by atoms with Gasteiger partial charge in [0.2, 0.25) is 10.0 Å². The van der Waals surface area contributed by atoms with Crippen LogP contribution < -0.4 is 15.2 Å². The summed E-state index contributed by atoms with van der Waals surface area (Å²) >= 11 is 0. The van der Waals surface area contributed by atoms with Gasteiger partial charge in [-0.05, 0) is 30.0 Å². The molecule has 0 heterocycles. The highest BCUT2D eigenvalue weighted by atomic mass is 32.2. The molecule has 0 fully saturated rings. The maximum Gasteiger partial charge on any atom is 0.244 e. The Morgan fingerprint density at radius 1 is 1.29 bits per heavy atom. The SMILES string of the molecule is COCCC(C)(C)CNS(=O)(=O)c1cc(N)ccc1OC. The van der Waals surface area contributed by atoms with E-state index in [0.29, 0.717) is 18.8 Å². The maximum absolute atomic E-state index is 12.4. The van der Waals surface area contributed by atoms with E-state index in [1.54, 1.807) is 19.2 Å². The molecule has 0 aliphatic rings. The van der Waals surface area contributed by atoms with Crippen LogP contribution in [-0.2, 0) is 14.8 Å². The van der Waals surface area contributed by atoms with Gasteiger partial charge in [-0.15, -0.1) is 0 Å². The number of benzene rings is 1. The molecule has 0 atom stereocenters. The number of nitrogens with one attached hydrogen (secondary N) is 1. The van der Waals surface area contributed by atoms with Crippen molar-refractivity contribution in [2.75, 3.05) is 33.1 Å². The largest absolute Gasteiger partial charge is 0.495 e. The fraction of sp³-hybridized carbons (Fsp3) is 0.571. The molecule has 0 saturated carbocycles. The van der Waals surface area contributed by atoms with Gasteiger partial charge >= 0.3 is 0 Å². The molecule has 0 bridgehead atoms. The number of hydrogen-bond donors (Lipinski definition) is 2. The van der Waals surface area contributed by atoms with Gasteiger partial charge in [-0.2, -0.15) is 0 Å². The molecule has 1 rings (SSSR count). The molecule has 0 aliphatic carbocycles. The van der Waals surface area contributed by atoms with Crippen LogP contribution in [0.3, 0.4) is 0 Å². The van der Waals surface area contributed by atoms with Crippen molar-refractivity contribution in [2.24, 2.45) is 5.41 Å². The van der Waals surface area contributed by atoms with Crippen LogP contribution in [0.4, 0.5) is 5.69 Å². The van der Waals surface area contributed by atoms with E-state index in [9.17, 15) is 8.42 Å². The number of nitrogen functional groups attached to an aromatic ring is 1. The molecule has 0 saturated heterocycles. The highest BCUT2D eigenvalue weighted by Crippen LogP contribution is 2.27. The Kier molecular flexibility index (Phi) is 6.00. The number of ether oxygens (including phenoxy) is 2. The zero-order valence-electron chi connectivity index (χ0n) is 13.0. The van der Waals surface area contributed by atoms with Crippen molar-refractivity contribution in [2.45, 2.75) is 25.2 Å². The Morgan fingerprint density at radius 2 is 1.95 bits per heavy atom. The van der Waals surface area contributed by atoms with E-state index >= 15 is 0 Å². The summed E-state index contributed by atoms with van der Waals surface area (Å²) in [5.74, 6) is 0.270. The highest BCUT2D eigenvalue weighted by Gasteiger charge is 2.24. The van der Waals surface area contributed by atoms with Crippen LogP contribution in [0, 0.1) is 5.41 Å². The van der Waals surface area contributed by atoms with Crippen molar-refractivity contribution in [3.05, 3.63) is 18.2 Å². The van der Waals surface area contributed by atoms with E-state index in [1.165, 1.54) is 13.2 Å². The first-order valence-electron chi connectivity index (χ1n) is 6.64. The maximum atomic E-state index is 12.4. The van der Waals surface area contributed by atoms with Gasteiger partial charge in [0.15, 0.2) is 0 Å². The van der Waals surface area contributed by atoms with Crippen LogP contribution >= 0.6 is 0 Å². The number of sulfonamides is 1. The predicted molar refractivity (Wildman–Crippen MR) is 82.9 cm³/mol. The van der Waals surface area contributed by atoms with Crippen molar-refractivity contribution in [1.82, 2.24) is 4.72 Å². The topological polar surface area (TPSA) is 90.7 Å². The third-order valence-electron chi connectivity index (χ3n) is 3.20. The second kappa shape index (κ2) is 7.11. The molecule has 0 radical (unpaired) electrons. The van der Waals surface area contributed by atoms with Gasteiger partial charge in [0.05, 0.1) is 7.11 Å². The number of anilines is 1. The van der Waals surface area contributed by atoms with E-state index in [1.807, 2.05) is 13.8 Å². The third kappa shape index (κ3) is 5.18. The lowest BCUT2D eigenvalue weighted by atomic mass is 9.90. The Morgan fingerprint density at radius 3 is 2.52 bits per heavy atom. The Balaban J connectivity index is 2.90. The zero-order chi connectivity index (χ0) is 16.1. The molecule has 0 amide bonds. The fourth-order valence-corrected chi connectivity index (χ4v) is 3.18.